The average molecular weight is 297 g/mol. The molecule has 0 aromatic carbocycles. The molecule has 5 rings (SSSR count). The predicted molar refractivity (Wildman–Crippen MR) is 82.3 cm³/mol. The summed E-state index contributed by atoms with van der Waals surface area (Å²) < 4.78 is 1.39. The van der Waals surface area contributed by atoms with Gasteiger partial charge in [-0.25, -0.2) is 4.79 Å². The van der Waals surface area contributed by atoms with Crippen molar-refractivity contribution >= 4 is 6.03 Å². The monoisotopic (exact) mass is 297 g/mol. The van der Waals surface area contributed by atoms with Gasteiger partial charge in [0, 0.05) is 42.3 Å². The molecule has 1 N–H and O–H groups in total. The van der Waals surface area contributed by atoms with Crippen molar-refractivity contribution in [2.45, 2.75) is 18.9 Å². The van der Waals surface area contributed by atoms with E-state index in [0.29, 0.717) is 5.92 Å². The van der Waals surface area contributed by atoms with Crippen LogP contribution in [-0.2, 0) is 0 Å². The van der Waals surface area contributed by atoms with E-state index < -0.39 is 0 Å². The second-order valence-corrected chi connectivity index (χ2v) is 6.11. The molecule has 3 fully saturated rings. The molecule has 0 saturated carbocycles. The van der Waals surface area contributed by atoms with E-state index in [4.69, 9.17) is 0 Å². The first-order valence-corrected chi connectivity index (χ1v) is 7.78. The minimum Gasteiger partial charge on any atom is -0.332 e. The number of carbonyl (C=O) groups is 1. The fourth-order valence-corrected chi connectivity index (χ4v) is 3.47. The number of carbonyl (C=O) groups excluding carboxylic acids is 1. The zero-order valence-corrected chi connectivity index (χ0v) is 12.4. The van der Waals surface area contributed by atoms with Crippen LogP contribution in [0.2, 0.25) is 0 Å². The van der Waals surface area contributed by atoms with E-state index in [1.807, 2.05) is 12.1 Å². The van der Waals surface area contributed by atoms with Gasteiger partial charge in [0.1, 0.15) is 0 Å². The first kappa shape index (κ1) is 13.5. The molecule has 22 heavy (non-hydrogen) atoms. The summed E-state index contributed by atoms with van der Waals surface area (Å²) in [6, 6.07) is 3.94. The molecule has 0 aliphatic carbocycles. The van der Waals surface area contributed by atoms with Gasteiger partial charge < -0.3 is 10.2 Å². The van der Waals surface area contributed by atoms with Crippen LogP contribution in [0.15, 0.2) is 36.9 Å². The van der Waals surface area contributed by atoms with E-state index in [9.17, 15) is 4.79 Å². The van der Waals surface area contributed by atoms with E-state index in [1.165, 1.54) is 30.6 Å². The van der Waals surface area contributed by atoms with E-state index in [1.54, 1.807) is 24.8 Å². The van der Waals surface area contributed by atoms with E-state index in [0.717, 1.165) is 17.7 Å². The third-order valence-electron chi connectivity index (χ3n) is 4.75. The van der Waals surface area contributed by atoms with Crippen LogP contribution in [0, 0.1) is 5.92 Å². The topological polar surface area (TPSA) is 63.1 Å². The number of nitrogens with one attached hydrogen (secondary N) is 1. The number of hydrogen-bond donors (Lipinski definition) is 1. The fourth-order valence-electron chi connectivity index (χ4n) is 3.47. The molecule has 1 amide bonds. The number of rotatable bonds is 2. The molecule has 0 unspecified atom stereocenters. The Morgan fingerprint density at radius 2 is 2.09 bits per heavy atom. The highest BCUT2D eigenvalue weighted by Gasteiger charge is 2.35. The standard InChI is InChI=1S/C16H19N5O/c22-16(19-15-11-20-6-3-12(15)4-7-20)21-10-14(9-18-21)13-2-1-5-17-8-13/h1-2,5,8-10,12,15H,3-4,6-7,11H2,(H,19,22)/t15-/m0/s1. The Bertz CT molecular complexity index is 660. The summed E-state index contributed by atoms with van der Waals surface area (Å²) in [5.41, 5.74) is 1.86. The van der Waals surface area contributed by atoms with Crippen molar-refractivity contribution in [2.75, 3.05) is 19.6 Å². The molecule has 5 heterocycles. The van der Waals surface area contributed by atoms with Crippen molar-refractivity contribution in [3.8, 4) is 11.1 Å². The molecular weight excluding hydrogens is 278 g/mol. The fraction of sp³-hybridized carbons (Fsp3) is 0.438. The molecule has 2 aromatic heterocycles. The van der Waals surface area contributed by atoms with Crippen molar-refractivity contribution in [2.24, 2.45) is 5.92 Å². The van der Waals surface area contributed by atoms with Gasteiger partial charge in [0.05, 0.1) is 6.20 Å². The minimum atomic E-state index is -0.145. The molecule has 6 nitrogen and oxygen atoms in total. The smallest absolute Gasteiger partial charge is 0.332 e. The first-order chi connectivity index (χ1) is 10.8. The number of hydrogen-bond acceptors (Lipinski definition) is 4. The minimum absolute atomic E-state index is 0.145. The van der Waals surface area contributed by atoms with Crippen LogP contribution in [0.4, 0.5) is 4.79 Å². The predicted octanol–water partition coefficient (Wildman–Crippen LogP) is 1.60. The molecule has 1 atom stereocenters. The van der Waals surface area contributed by atoms with Crippen molar-refractivity contribution in [3.63, 3.8) is 0 Å². The van der Waals surface area contributed by atoms with Crippen molar-refractivity contribution in [3.05, 3.63) is 36.9 Å². The molecular formula is C16H19N5O. The summed E-state index contributed by atoms with van der Waals surface area (Å²) in [4.78, 5) is 18.9. The van der Waals surface area contributed by atoms with Crippen LogP contribution in [-0.4, -0.2) is 51.4 Å². The second kappa shape index (κ2) is 5.53. The van der Waals surface area contributed by atoms with Crippen molar-refractivity contribution in [1.82, 2.24) is 25.0 Å². The zero-order valence-electron chi connectivity index (χ0n) is 12.4. The van der Waals surface area contributed by atoms with E-state index in [-0.39, 0.29) is 12.1 Å². The largest absolute Gasteiger partial charge is 0.342 e. The highest BCUT2D eigenvalue weighted by molar-refractivity contribution is 5.77. The molecule has 3 saturated heterocycles. The summed E-state index contributed by atoms with van der Waals surface area (Å²) in [5.74, 6) is 0.613. The Labute approximate surface area is 129 Å². The maximum absolute atomic E-state index is 12.4. The highest BCUT2D eigenvalue weighted by Crippen LogP contribution is 2.27. The molecule has 3 aliphatic heterocycles. The molecule has 0 spiro atoms. The van der Waals surface area contributed by atoms with Crippen LogP contribution < -0.4 is 5.32 Å². The van der Waals surface area contributed by atoms with E-state index in [2.05, 4.69) is 20.3 Å². The third kappa shape index (κ3) is 2.50. The Balaban J connectivity index is 1.46. The number of piperidine rings is 3. The zero-order chi connectivity index (χ0) is 14.9. The van der Waals surface area contributed by atoms with E-state index >= 15 is 0 Å². The van der Waals surface area contributed by atoms with Gasteiger partial charge in [0.25, 0.3) is 0 Å². The lowest BCUT2D eigenvalue weighted by Gasteiger charge is -2.44. The number of nitrogens with zero attached hydrogens (tertiary/aromatic N) is 4. The van der Waals surface area contributed by atoms with Gasteiger partial charge in [0.15, 0.2) is 0 Å². The van der Waals surface area contributed by atoms with Gasteiger partial charge in [-0.15, -0.1) is 0 Å². The summed E-state index contributed by atoms with van der Waals surface area (Å²) in [7, 11) is 0. The maximum Gasteiger partial charge on any atom is 0.342 e. The van der Waals surface area contributed by atoms with Crippen LogP contribution >= 0.6 is 0 Å². The molecule has 0 radical (unpaired) electrons. The quantitative estimate of drug-likeness (QED) is 0.914. The highest BCUT2D eigenvalue weighted by atomic mass is 16.2. The maximum atomic E-state index is 12.4. The summed E-state index contributed by atoms with van der Waals surface area (Å²) in [6.45, 7) is 3.31. The van der Waals surface area contributed by atoms with Crippen LogP contribution in [0.5, 0.6) is 0 Å². The lowest BCUT2D eigenvalue weighted by Crippen LogP contribution is -2.57. The Morgan fingerprint density at radius 1 is 1.23 bits per heavy atom. The molecule has 3 aliphatic rings. The van der Waals surface area contributed by atoms with Gasteiger partial charge in [-0.2, -0.15) is 9.78 Å². The van der Waals surface area contributed by atoms with Gasteiger partial charge in [0.2, 0.25) is 0 Å². The molecule has 2 aromatic rings. The normalized spacial score (nSPS) is 26.8. The lowest BCUT2D eigenvalue weighted by molar-refractivity contribution is 0.0765. The molecule has 114 valence electrons. The molecule has 6 heteroatoms. The third-order valence-corrected chi connectivity index (χ3v) is 4.75. The summed E-state index contributed by atoms with van der Waals surface area (Å²) in [6.07, 6.45) is 9.33. The summed E-state index contributed by atoms with van der Waals surface area (Å²) in [5, 5.41) is 7.32. The SMILES string of the molecule is O=C(N[C@H]1CN2CCC1CC2)n1cc(-c2cccnc2)cn1. The Morgan fingerprint density at radius 3 is 2.77 bits per heavy atom. The van der Waals surface area contributed by atoms with Gasteiger partial charge >= 0.3 is 6.03 Å². The lowest BCUT2D eigenvalue weighted by atomic mass is 9.84. The number of fused-ring (bicyclic) bond motifs is 3. The first-order valence-electron chi connectivity index (χ1n) is 7.78. The van der Waals surface area contributed by atoms with Crippen LogP contribution in [0.1, 0.15) is 12.8 Å². The summed E-state index contributed by atoms with van der Waals surface area (Å²) >= 11 is 0. The van der Waals surface area contributed by atoms with Crippen LogP contribution in [0.3, 0.4) is 0 Å². The van der Waals surface area contributed by atoms with Gasteiger partial charge in [-0.05, 0) is 37.9 Å². The number of pyridine rings is 1. The molecule has 2 bridgehead atoms. The Kier molecular flexibility index (Phi) is 3.38. The second-order valence-electron chi connectivity index (χ2n) is 6.11. The number of aromatic nitrogens is 3. The van der Waals surface area contributed by atoms with Crippen molar-refractivity contribution < 1.29 is 4.79 Å². The van der Waals surface area contributed by atoms with Crippen LogP contribution in [0.25, 0.3) is 11.1 Å². The average Bonchev–Trinajstić information content (AvgIpc) is 3.07. The van der Waals surface area contributed by atoms with Crippen molar-refractivity contribution in [1.29, 1.82) is 0 Å². The van der Waals surface area contributed by atoms with Gasteiger partial charge in [-0.3, -0.25) is 4.98 Å². The Hall–Kier alpha value is -2.21. The number of amides is 1. The van der Waals surface area contributed by atoms with Gasteiger partial charge in [-0.1, -0.05) is 6.07 Å².